The lowest BCUT2D eigenvalue weighted by Crippen LogP contribution is -2.28. The minimum atomic E-state index is -4.96. The van der Waals surface area contributed by atoms with Crippen molar-refractivity contribution in [2.75, 3.05) is 13.6 Å². The predicted octanol–water partition coefficient (Wildman–Crippen LogP) is 4.56. The smallest absolute Gasteiger partial charge is 0.300 e. The van der Waals surface area contributed by atoms with E-state index in [4.69, 9.17) is 9.83 Å². The first kappa shape index (κ1) is 31.0. The Morgan fingerprint density at radius 2 is 1.60 bits per heavy atom. The van der Waals surface area contributed by atoms with Gasteiger partial charge in [0.25, 0.3) is 26.1 Å². The molecule has 0 spiro atoms. The van der Waals surface area contributed by atoms with Crippen molar-refractivity contribution in [3.63, 3.8) is 0 Å². The highest BCUT2D eigenvalue weighted by Crippen LogP contribution is 2.41. The van der Waals surface area contributed by atoms with Gasteiger partial charge in [-0.3, -0.25) is 24.1 Å². The summed E-state index contributed by atoms with van der Waals surface area (Å²) in [6, 6.07) is 12.0. The number of nitrogens with one attached hydrogen (secondary N) is 1. The minimum Gasteiger partial charge on any atom is -0.453 e. The summed E-state index contributed by atoms with van der Waals surface area (Å²) in [6.45, 7) is 5.36. The van der Waals surface area contributed by atoms with Crippen LogP contribution in [0.4, 0.5) is 0 Å². The minimum absolute atomic E-state index is 0.0429. The molecule has 0 fully saturated rings. The Kier molecular flexibility index (Phi) is 8.43. The molecule has 2 aromatic rings. The number of Topliss-reactive ketones (excluding diaryl/α,β-unsaturated/α-hetero) is 1. The molecule has 0 radical (unpaired) electrons. The van der Waals surface area contributed by atoms with E-state index in [1.807, 2.05) is 13.8 Å². The quantitative estimate of drug-likeness (QED) is 0.180. The SMILES string of the molecule is Cc1cc(-c2ccccc2C(=O)N(C)CCCC(=O)C(C)C)c2cc3ccc(=N)c(S(=O)(=O)O)c-3oc2c1S(=O)(=O)O. The van der Waals surface area contributed by atoms with Crippen LogP contribution in [-0.4, -0.2) is 56.1 Å². The van der Waals surface area contributed by atoms with Crippen LogP contribution in [0.5, 0.6) is 0 Å². The number of fused-ring (bicyclic) bond motifs is 2. The van der Waals surface area contributed by atoms with Crippen LogP contribution in [0, 0.1) is 18.3 Å². The fourth-order valence-corrected chi connectivity index (χ4v) is 6.46. The van der Waals surface area contributed by atoms with Crippen molar-refractivity contribution in [2.24, 2.45) is 5.92 Å². The predicted molar refractivity (Wildman–Crippen MR) is 155 cm³/mol. The lowest BCUT2D eigenvalue weighted by atomic mass is 9.93. The fourth-order valence-electron chi connectivity index (χ4n) is 4.87. The van der Waals surface area contributed by atoms with Crippen molar-refractivity contribution in [3.8, 4) is 22.5 Å². The number of carbonyl (C=O) groups is 2. The van der Waals surface area contributed by atoms with E-state index in [0.29, 0.717) is 30.5 Å². The summed E-state index contributed by atoms with van der Waals surface area (Å²) < 4.78 is 74.8. The number of hydrogen-bond donors (Lipinski definition) is 3. The molecule has 42 heavy (non-hydrogen) atoms. The molecular weight excluding hydrogens is 584 g/mol. The first-order valence-corrected chi connectivity index (χ1v) is 15.8. The lowest BCUT2D eigenvalue weighted by Gasteiger charge is -2.21. The Hall–Kier alpha value is -3.91. The van der Waals surface area contributed by atoms with E-state index in [2.05, 4.69) is 0 Å². The third-order valence-electron chi connectivity index (χ3n) is 6.98. The molecule has 2 aromatic carbocycles. The molecule has 0 aromatic heterocycles. The van der Waals surface area contributed by atoms with Gasteiger partial charge in [0.15, 0.2) is 16.2 Å². The number of benzene rings is 3. The van der Waals surface area contributed by atoms with E-state index in [9.17, 15) is 35.5 Å². The topological polar surface area (TPSA) is 183 Å². The standard InChI is InChI=1S/C29H30N2O9S2/c1-16(2)24(32)10-7-13-31(4)29(33)20-9-6-5-8-19(20)21-14-17(3)27(41(34,35)36)26-22(21)15-18-11-12-23(30)28(25(18)40-26)42(37,38)39/h5-6,8-9,11-12,14-16,30H,7,10,13H2,1-4H3,(H,34,35,36)(H,37,38,39). The highest BCUT2D eigenvalue weighted by molar-refractivity contribution is 7.86. The van der Waals surface area contributed by atoms with Crippen LogP contribution in [0.25, 0.3) is 33.4 Å². The van der Waals surface area contributed by atoms with Crippen LogP contribution in [0.1, 0.15) is 42.6 Å². The molecule has 0 saturated carbocycles. The van der Waals surface area contributed by atoms with E-state index < -0.39 is 46.7 Å². The Balaban J connectivity index is 1.97. The molecule has 1 heterocycles. The molecule has 1 amide bonds. The zero-order valence-corrected chi connectivity index (χ0v) is 25.0. The second-order valence-electron chi connectivity index (χ2n) is 10.4. The maximum Gasteiger partial charge on any atom is 0.300 e. The molecule has 1 aliphatic heterocycles. The van der Waals surface area contributed by atoms with Gasteiger partial charge in [0.2, 0.25) is 0 Å². The van der Waals surface area contributed by atoms with Crippen molar-refractivity contribution in [1.29, 1.82) is 5.41 Å². The summed E-state index contributed by atoms with van der Waals surface area (Å²) in [7, 11) is -8.25. The van der Waals surface area contributed by atoms with Crippen molar-refractivity contribution in [2.45, 2.75) is 43.4 Å². The molecule has 0 saturated heterocycles. The normalized spacial score (nSPS) is 12.3. The second kappa shape index (κ2) is 11.4. The summed E-state index contributed by atoms with van der Waals surface area (Å²) in [4.78, 5) is 25.6. The van der Waals surface area contributed by atoms with Gasteiger partial charge in [-0.1, -0.05) is 32.0 Å². The van der Waals surface area contributed by atoms with Gasteiger partial charge in [0.05, 0.1) is 5.36 Å². The first-order valence-electron chi connectivity index (χ1n) is 12.9. The molecule has 0 bridgehead atoms. The molecular formula is C29H30N2O9S2. The molecule has 13 heteroatoms. The molecule has 2 aliphatic rings. The third kappa shape index (κ3) is 6.00. The number of ketones is 1. The van der Waals surface area contributed by atoms with Crippen LogP contribution < -0.4 is 5.36 Å². The second-order valence-corrected chi connectivity index (χ2v) is 13.1. The van der Waals surface area contributed by atoms with Gasteiger partial charge < -0.3 is 9.32 Å². The van der Waals surface area contributed by atoms with Crippen molar-refractivity contribution in [1.82, 2.24) is 4.90 Å². The van der Waals surface area contributed by atoms with Crippen molar-refractivity contribution >= 4 is 42.9 Å². The molecule has 0 unspecified atom stereocenters. The maximum absolute atomic E-state index is 13.6. The lowest BCUT2D eigenvalue weighted by molar-refractivity contribution is -0.122. The number of carbonyl (C=O) groups excluding carboxylic acids is 2. The van der Waals surface area contributed by atoms with Crippen LogP contribution in [0.3, 0.4) is 0 Å². The molecule has 1 aliphatic carbocycles. The molecule has 3 N–H and O–H groups in total. The molecule has 11 nitrogen and oxygen atoms in total. The Morgan fingerprint density at radius 1 is 0.952 bits per heavy atom. The van der Waals surface area contributed by atoms with Gasteiger partial charge in [0.1, 0.15) is 10.7 Å². The monoisotopic (exact) mass is 614 g/mol. The van der Waals surface area contributed by atoms with Crippen molar-refractivity contribution in [3.05, 3.63) is 65.0 Å². The van der Waals surface area contributed by atoms with E-state index in [0.717, 1.165) is 6.07 Å². The van der Waals surface area contributed by atoms with Gasteiger partial charge in [-0.25, -0.2) is 0 Å². The number of nitrogens with zero attached hydrogens (tertiary/aromatic N) is 1. The van der Waals surface area contributed by atoms with E-state index in [1.54, 1.807) is 31.3 Å². The van der Waals surface area contributed by atoms with Gasteiger partial charge >= 0.3 is 0 Å². The van der Waals surface area contributed by atoms with Gasteiger partial charge in [-0.15, -0.1) is 0 Å². The number of amides is 1. The van der Waals surface area contributed by atoms with Gasteiger partial charge in [-0.2, -0.15) is 16.8 Å². The molecule has 4 rings (SSSR count). The first-order chi connectivity index (χ1) is 19.5. The average molecular weight is 615 g/mol. The molecule has 0 atom stereocenters. The average Bonchev–Trinajstić information content (AvgIpc) is 2.89. The van der Waals surface area contributed by atoms with Crippen molar-refractivity contribution < 1.29 is 39.9 Å². The number of aryl methyl sites for hydroxylation is 1. The zero-order chi connectivity index (χ0) is 31.1. The van der Waals surface area contributed by atoms with E-state index in [-0.39, 0.29) is 39.7 Å². The number of hydrogen-bond acceptors (Lipinski definition) is 8. The Labute approximate surface area is 243 Å². The summed E-state index contributed by atoms with van der Waals surface area (Å²) in [6.07, 6.45) is 0.809. The fraction of sp³-hybridized carbons (Fsp3) is 0.276. The van der Waals surface area contributed by atoms with E-state index in [1.165, 1.54) is 30.0 Å². The summed E-state index contributed by atoms with van der Waals surface area (Å²) >= 11 is 0. The van der Waals surface area contributed by atoms with Gasteiger partial charge in [-0.05, 0) is 60.4 Å². The Morgan fingerprint density at radius 3 is 2.21 bits per heavy atom. The van der Waals surface area contributed by atoms with Crippen LogP contribution in [0.2, 0.25) is 0 Å². The molecule has 222 valence electrons. The van der Waals surface area contributed by atoms with Crippen LogP contribution in [-0.2, 0) is 25.0 Å². The highest BCUT2D eigenvalue weighted by atomic mass is 32.2. The van der Waals surface area contributed by atoms with Crippen LogP contribution >= 0.6 is 0 Å². The summed E-state index contributed by atoms with van der Waals surface area (Å²) in [5.74, 6) is -0.823. The van der Waals surface area contributed by atoms with Gasteiger partial charge in [0, 0.05) is 42.4 Å². The van der Waals surface area contributed by atoms with E-state index >= 15 is 0 Å². The summed E-state index contributed by atoms with van der Waals surface area (Å²) in [5.41, 5.74) is 0.782. The summed E-state index contributed by atoms with van der Waals surface area (Å²) in [5, 5.41) is 7.54. The highest BCUT2D eigenvalue weighted by Gasteiger charge is 2.29. The largest absolute Gasteiger partial charge is 0.453 e. The van der Waals surface area contributed by atoms with Crippen LogP contribution in [0.15, 0.2) is 62.7 Å². The third-order valence-corrected chi connectivity index (χ3v) is 8.92. The Bertz CT molecular complexity index is 1980. The number of rotatable bonds is 9. The zero-order valence-electron chi connectivity index (χ0n) is 23.3. The maximum atomic E-state index is 13.6.